The highest BCUT2D eigenvalue weighted by molar-refractivity contribution is 5.81. The summed E-state index contributed by atoms with van der Waals surface area (Å²) in [5.74, 6) is -1.28. The molecule has 8 unspecified atom stereocenters. The molecular formula is C58H101NO10. The number of hydrogen-bond donors (Lipinski definition) is 6. The number of nitrogens with one attached hydrogen (secondary N) is 1. The van der Waals surface area contributed by atoms with Crippen molar-refractivity contribution in [3.8, 4) is 0 Å². The SMILES string of the molecule is CC/C=C/C=C/C=C/CCCCCCCCCC(=O)OC1C(OCC(NC(=O)C(O)C/C=C/C/C=C\CCCCCCCC)C(O)/C=C/CCCCCCCCCCCCC)OC(CO)C(O)C1O. The van der Waals surface area contributed by atoms with Gasteiger partial charge in [0.15, 0.2) is 12.4 Å². The van der Waals surface area contributed by atoms with E-state index in [1.807, 2.05) is 24.3 Å². The quantitative estimate of drug-likeness (QED) is 0.0149. The first kappa shape index (κ1) is 64.1. The third-order valence-corrected chi connectivity index (χ3v) is 12.7. The smallest absolute Gasteiger partial charge is 0.306 e. The van der Waals surface area contributed by atoms with E-state index in [-0.39, 0.29) is 19.4 Å². The molecule has 0 aromatic carbocycles. The summed E-state index contributed by atoms with van der Waals surface area (Å²) in [6, 6.07) is -1.06. The minimum atomic E-state index is -1.63. The van der Waals surface area contributed by atoms with Crippen LogP contribution in [0.3, 0.4) is 0 Å². The standard InChI is InChI=1S/C58H101NO10/c1-4-7-10-13-16-19-22-25-26-28-31-34-37-40-43-46-53(63)69-56-55(65)54(64)52(47-60)68-58(56)67-48-49(50(61)44-41-38-35-32-30-27-23-20-17-14-11-8-5-2)59-57(66)51(62)45-42-39-36-33-29-24-21-18-15-12-9-6-3/h7,10,13,16,19,22,29,33,39,41-42,44,49-52,54-56,58,60-62,64-65H,4-6,8-9,11-12,14-15,17-18,20-21,23-28,30-32,34-38,40,43,45-48H2,1-3H3,(H,59,66)/b10-7+,16-13+,22-19+,33-29-,42-39+,44-41+. The number of carbonyl (C=O) groups is 2. The van der Waals surface area contributed by atoms with Gasteiger partial charge in [0.05, 0.1) is 25.4 Å². The fourth-order valence-corrected chi connectivity index (χ4v) is 8.22. The van der Waals surface area contributed by atoms with Crippen LogP contribution in [0, 0.1) is 0 Å². The lowest BCUT2D eigenvalue weighted by atomic mass is 9.99. The van der Waals surface area contributed by atoms with E-state index in [9.17, 15) is 35.1 Å². The molecular weight excluding hydrogens is 871 g/mol. The van der Waals surface area contributed by atoms with Gasteiger partial charge in [-0.1, -0.05) is 222 Å². The summed E-state index contributed by atoms with van der Waals surface area (Å²) >= 11 is 0. The van der Waals surface area contributed by atoms with Crippen LogP contribution in [0.25, 0.3) is 0 Å². The van der Waals surface area contributed by atoms with Crippen LogP contribution >= 0.6 is 0 Å². The van der Waals surface area contributed by atoms with Gasteiger partial charge in [0.25, 0.3) is 0 Å². The number of hydrogen-bond acceptors (Lipinski definition) is 10. The van der Waals surface area contributed by atoms with E-state index in [0.717, 1.165) is 83.5 Å². The molecule has 69 heavy (non-hydrogen) atoms. The Hall–Kier alpha value is -2.90. The lowest BCUT2D eigenvalue weighted by Gasteiger charge is -2.41. The molecule has 0 aliphatic carbocycles. The average Bonchev–Trinajstić information content (AvgIpc) is 3.34. The number of aliphatic hydroxyl groups excluding tert-OH is 5. The molecule has 1 aliphatic rings. The van der Waals surface area contributed by atoms with E-state index in [1.54, 1.807) is 12.2 Å². The Morgan fingerprint density at radius 3 is 1.67 bits per heavy atom. The predicted molar refractivity (Wildman–Crippen MR) is 283 cm³/mol. The second-order valence-electron chi connectivity index (χ2n) is 19.0. The molecule has 398 valence electrons. The molecule has 11 heteroatoms. The van der Waals surface area contributed by atoms with Gasteiger partial charge in [0.2, 0.25) is 5.91 Å². The van der Waals surface area contributed by atoms with Gasteiger partial charge in [0, 0.05) is 12.8 Å². The molecule has 0 aromatic heterocycles. The zero-order chi connectivity index (χ0) is 50.4. The summed E-state index contributed by atoms with van der Waals surface area (Å²) in [6.45, 7) is 5.58. The van der Waals surface area contributed by atoms with E-state index in [2.05, 4.69) is 62.5 Å². The summed E-state index contributed by atoms with van der Waals surface area (Å²) in [5, 5.41) is 56.6. The fraction of sp³-hybridized carbons (Fsp3) is 0.759. The second kappa shape index (κ2) is 46.2. The maximum Gasteiger partial charge on any atom is 0.306 e. The maximum atomic E-state index is 13.3. The minimum absolute atomic E-state index is 0.0787. The highest BCUT2D eigenvalue weighted by Crippen LogP contribution is 2.26. The molecule has 1 heterocycles. The van der Waals surface area contributed by atoms with Crippen LogP contribution in [0.15, 0.2) is 72.9 Å². The molecule has 1 rings (SSSR count). The predicted octanol–water partition coefficient (Wildman–Crippen LogP) is 12.1. The van der Waals surface area contributed by atoms with Gasteiger partial charge in [-0.25, -0.2) is 0 Å². The summed E-state index contributed by atoms with van der Waals surface area (Å²) in [4.78, 5) is 26.4. The van der Waals surface area contributed by atoms with Gasteiger partial charge in [-0.05, 0) is 57.8 Å². The van der Waals surface area contributed by atoms with E-state index in [1.165, 1.54) is 89.9 Å². The van der Waals surface area contributed by atoms with Gasteiger partial charge in [-0.15, -0.1) is 0 Å². The molecule has 0 bridgehead atoms. The van der Waals surface area contributed by atoms with Gasteiger partial charge in [-0.3, -0.25) is 9.59 Å². The van der Waals surface area contributed by atoms with Crippen LogP contribution < -0.4 is 5.32 Å². The van der Waals surface area contributed by atoms with Crippen LogP contribution in [-0.2, 0) is 23.8 Å². The molecule has 11 nitrogen and oxygen atoms in total. The van der Waals surface area contributed by atoms with Gasteiger partial charge >= 0.3 is 5.97 Å². The number of aliphatic hydroxyl groups is 5. The van der Waals surface area contributed by atoms with Crippen molar-refractivity contribution in [2.45, 2.75) is 269 Å². The molecule has 1 aliphatic heterocycles. The number of allylic oxidation sites excluding steroid dienone is 10. The second-order valence-corrected chi connectivity index (χ2v) is 19.0. The van der Waals surface area contributed by atoms with E-state index >= 15 is 0 Å². The molecule has 6 N–H and O–H groups in total. The molecule has 0 aromatic rings. The van der Waals surface area contributed by atoms with Crippen molar-refractivity contribution in [3.63, 3.8) is 0 Å². The monoisotopic (exact) mass is 972 g/mol. The zero-order valence-electron chi connectivity index (χ0n) is 43.7. The number of amides is 1. The first-order chi connectivity index (χ1) is 33.7. The van der Waals surface area contributed by atoms with Crippen LogP contribution in [0.4, 0.5) is 0 Å². The Bertz CT molecular complexity index is 1390. The third-order valence-electron chi connectivity index (χ3n) is 12.7. The zero-order valence-corrected chi connectivity index (χ0v) is 43.7. The Labute approximate surface area is 420 Å². The van der Waals surface area contributed by atoms with Crippen molar-refractivity contribution in [2.24, 2.45) is 0 Å². The Morgan fingerprint density at radius 1 is 0.594 bits per heavy atom. The summed E-state index contributed by atoms with van der Waals surface area (Å²) in [6.07, 6.45) is 46.8. The van der Waals surface area contributed by atoms with E-state index < -0.39 is 67.4 Å². The molecule has 0 radical (unpaired) electrons. The maximum absolute atomic E-state index is 13.3. The molecule has 0 saturated carbocycles. The van der Waals surface area contributed by atoms with Crippen molar-refractivity contribution in [1.29, 1.82) is 0 Å². The molecule has 0 spiro atoms. The summed E-state index contributed by atoms with van der Waals surface area (Å²) in [7, 11) is 0. The Morgan fingerprint density at radius 2 is 1.10 bits per heavy atom. The van der Waals surface area contributed by atoms with Crippen molar-refractivity contribution in [3.05, 3.63) is 72.9 Å². The van der Waals surface area contributed by atoms with E-state index in [4.69, 9.17) is 14.2 Å². The lowest BCUT2D eigenvalue weighted by Crippen LogP contribution is -2.61. The normalized spacial score (nSPS) is 20.4. The Kier molecular flexibility index (Phi) is 42.9. The van der Waals surface area contributed by atoms with Crippen LogP contribution in [0.2, 0.25) is 0 Å². The number of esters is 1. The third kappa shape index (κ3) is 35.0. The van der Waals surface area contributed by atoms with E-state index in [0.29, 0.717) is 12.8 Å². The average molecular weight is 972 g/mol. The highest BCUT2D eigenvalue weighted by Gasteiger charge is 2.47. The molecule has 1 fully saturated rings. The summed E-state index contributed by atoms with van der Waals surface area (Å²) in [5.41, 5.74) is 0. The van der Waals surface area contributed by atoms with Crippen molar-refractivity contribution < 1.29 is 49.3 Å². The van der Waals surface area contributed by atoms with Gasteiger partial charge < -0.3 is 45.1 Å². The number of unbranched alkanes of at least 4 members (excludes halogenated alkanes) is 24. The minimum Gasteiger partial charge on any atom is -0.454 e. The van der Waals surface area contributed by atoms with Crippen LogP contribution in [0.1, 0.15) is 220 Å². The number of rotatable bonds is 45. The first-order valence-electron chi connectivity index (χ1n) is 27.7. The van der Waals surface area contributed by atoms with Gasteiger partial charge in [-0.2, -0.15) is 0 Å². The highest BCUT2D eigenvalue weighted by atomic mass is 16.7. The number of ether oxygens (including phenoxy) is 3. The topological polar surface area (TPSA) is 175 Å². The summed E-state index contributed by atoms with van der Waals surface area (Å²) < 4.78 is 17.5. The molecule has 8 atom stereocenters. The van der Waals surface area contributed by atoms with Crippen molar-refractivity contribution in [2.75, 3.05) is 13.2 Å². The Balaban J connectivity index is 2.80. The van der Waals surface area contributed by atoms with Crippen LogP contribution in [-0.4, -0.2) is 99.6 Å². The van der Waals surface area contributed by atoms with Crippen molar-refractivity contribution >= 4 is 11.9 Å². The van der Waals surface area contributed by atoms with Crippen LogP contribution in [0.5, 0.6) is 0 Å². The fourth-order valence-electron chi connectivity index (χ4n) is 8.22. The molecule has 1 amide bonds. The lowest BCUT2D eigenvalue weighted by molar-refractivity contribution is -0.305. The first-order valence-corrected chi connectivity index (χ1v) is 27.7. The largest absolute Gasteiger partial charge is 0.454 e. The molecule has 1 saturated heterocycles. The van der Waals surface area contributed by atoms with Gasteiger partial charge in [0.1, 0.15) is 24.4 Å². The van der Waals surface area contributed by atoms with Crippen molar-refractivity contribution in [1.82, 2.24) is 5.32 Å². The number of carbonyl (C=O) groups excluding carboxylic acids is 2.